The SMILES string of the molecule is Cc1ccc(NC(N)=NCC2(c3ccccc3C)CC2)cc1. The second-order valence-electron chi connectivity index (χ2n) is 6.29. The van der Waals surface area contributed by atoms with Crippen molar-refractivity contribution in [3.63, 3.8) is 0 Å². The Kier molecular flexibility index (Phi) is 3.88. The fourth-order valence-corrected chi connectivity index (χ4v) is 2.89. The van der Waals surface area contributed by atoms with Crippen molar-refractivity contribution in [1.82, 2.24) is 0 Å². The van der Waals surface area contributed by atoms with Gasteiger partial charge in [-0.1, -0.05) is 42.0 Å². The van der Waals surface area contributed by atoms with Crippen molar-refractivity contribution in [2.75, 3.05) is 11.9 Å². The van der Waals surface area contributed by atoms with E-state index in [1.807, 2.05) is 12.1 Å². The minimum absolute atomic E-state index is 0.199. The summed E-state index contributed by atoms with van der Waals surface area (Å²) in [5.41, 5.74) is 11.2. The zero-order chi connectivity index (χ0) is 15.6. The van der Waals surface area contributed by atoms with Crippen molar-refractivity contribution in [2.45, 2.75) is 32.1 Å². The molecule has 1 fully saturated rings. The van der Waals surface area contributed by atoms with E-state index in [2.05, 4.69) is 60.6 Å². The topological polar surface area (TPSA) is 50.4 Å². The Labute approximate surface area is 132 Å². The molecule has 0 heterocycles. The van der Waals surface area contributed by atoms with E-state index < -0.39 is 0 Å². The molecule has 0 bridgehead atoms. The number of anilines is 1. The van der Waals surface area contributed by atoms with Gasteiger partial charge in [0.1, 0.15) is 0 Å². The fourth-order valence-electron chi connectivity index (χ4n) is 2.89. The van der Waals surface area contributed by atoms with Crippen molar-refractivity contribution in [1.29, 1.82) is 0 Å². The van der Waals surface area contributed by atoms with Gasteiger partial charge in [-0.3, -0.25) is 4.99 Å². The van der Waals surface area contributed by atoms with Crippen molar-refractivity contribution in [2.24, 2.45) is 10.7 Å². The number of nitrogens with one attached hydrogen (secondary N) is 1. The van der Waals surface area contributed by atoms with E-state index in [0.717, 1.165) is 12.2 Å². The van der Waals surface area contributed by atoms with E-state index in [0.29, 0.717) is 5.96 Å². The van der Waals surface area contributed by atoms with E-state index in [1.165, 1.54) is 29.5 Å². The summed E-state index contributed by atoms with van der Waals surface area (Å²) in [6.45, 7) is 5.00. The monoisotopic (exact) mass is 293 g/mol. The van der Waals surface area contributed by atoms with Crippen LogP contribution in [0.5, 0.6) is 0 Å². The summed E-state index contributed by atoms with van der Waals surface area (Å²) in [6.07, 6.45) is 2.39. The maximum Gasteiger partial charge on any atom is 0.193 e. The van der Waals surface area contributed by atoms with Gasteiger partial charge in [0.25, 0.3) is 0 Å². The first-order valence-electron chi connectivity index (χ1n) is 7.79. The Morgan fingerprint density at radius 3 is 2.41 bits per heavy atom. The Hall–Kier alpha value is -2.29. The zero-order valence-corrected chi connectivity index (χ0v) is 13.3. The molecule has 0 radical (unpaired) electrons. The molecular weight excluding hydrogens is 270 g/mol. The summed E-state index contributed by atoms with van der Waals surface area (Å²) in [7, 11) is 0. The molecule has 2 aromatic rings. The van der Waals surface area contributed by atoms with Gasteiger partial charge in [0.2, 0.25) is 0 Å². The predicted molar refractivity (Wildman–Crippen MR) is 93.4 cm³/mol. The lowest BCUT2D eigenvalue weighted by atomic mass is 9.92. The normalized spacial score (nSPS) is 16.4. The van der Waals surface area contributed by atoms with E-state index >= 15 is 0 Å². The summed E-state index contributed by atoms with van der Waals surface area (Å²) in [5, 5.41) is 3.16. The molecule has 0 saturated heterocycles. The number of rotatable bonds is 4. The number of hydrogen-bond acceptors (Lipinski definition) is 1. The van der Waals surface area contributed by atoms with Crippen molar-refractivity contribution in [3.05, 3.63) is 65.2 Å². The summed E-state index contributed by atoms with van der Waals surface area (Å²) >= 11 is 0. The van der Waals surface area contributed by atoms with Crippen LogP contribution in [0.15, 0.2) is 53.5 Å². The van der Waals surface area contributed by atoms with Crippen molar-refractivity contribution >= 4 is 11.6 Å². The number of nitrogens with two attached hydrogens (primary N) is 1. The third kappa shape index (κ3) is 3.14. The smallest absolute Gasteiger partial charge is 0.193 e. The van der Waals surface area contributed by atoms with Crippen LogP contribution in [-0.4, -0.2) is 12.5 Å². The molecule has 0 amide bonds. The van der Waals surface area contributed by atoms with Gasteiger partial charge >= 0.3 is 0 Å². The van der Waals surface area contributed by atoms with Gasteiger partial charge in [-0.05, 0) is 49.9 Å². The molecule has 0 unspecified atom stereocenters. The second kappa shape index (κ2) is 5.84. The third-order valence-electron chi connectivity index (χ3n) is 4.45. The molecule has 3 rings (SSSR count). The number of aliphatic imine (C=N–C) groups is 1. The molecular formula is C19H23N3. The fraction of sp³-hybridized carbons (Fsp3) is 0.316. The first-order chi connectivity index (χ1) is 10.6. The van der Waals surface area contributed by atoms with Gasteiger partial charge < -0.3 is 11.1 Å². The molecule has 0 aromatic heterocycles. The average Bonchev–Trinajstić information content (AvgIpc) is 3.29. The van der Waals surface area contributed by atoms with Crippen LogP contribution >= 0.6 is 0 Å². The molecule has 1 aliphatic rings. The highest BCUT2D eigenvalue weighted by molar-refractivity contribution is 5.92. The maximum absolute atomic E-state index is 6.03. The molecule has 1 aliphatic carbocycles. The molecule has 22 heavy (non-hydrogen) atoms. The predicted octanol–water partition coefficient (Wildman–Crippen LogP) is 3.76. The number of guanidine groups is 1. The number of hydrogen-bond donors (Lipinski definition) is 2. The molecule has 3 heteroatoms. The Morgan fingerprint density at radius 2 is 1.77 bits per heavy atom. The summed E-state index contributed by atoms with van der Waals surface area (Å²) < 4.78 is 0. The number of nitrogens with zero attached hydrogens (tertiary/aromatic N) is 1. The minimum atomic E-state index is 0.199. The molecule has 0 aliphatic heterocycles. The van der Waals surface area contributed by atoms with Crippen LogP contribution in [0, 0.1) is 13.8 Å². The second-order valence-corrected chi connectivity index (χ2v) is 6.29. The Morgan fingerprint density at radius 1 is 1.09 bits per heavy atom. The summed E-state index contributed by atoms with van der Waals surface area (Å²) in [5.74, 6) is 0.490. The summed E-state index contributed by atoms with van der Waals surface area (Å²) in [6, 6.07) is 16.8. The van der Waals surface area contributed by atoms with Gasteiger partial charge in [0, 0.05) is 11.1 Å². The lowest BCUT2D eigenvalue weighted by molar-refractivity contribution is 0.700. The first-order valence-corrected chi connectivity index (χ1v) is 7.79. The van der Waals surface area contributed by atoms with Crippen LogP contribution in [0.4, 0.5) is 5.69 Å². The average molecular weight is 293 g/mol. The van der Waals surface area contributed by atoms with Crippen LogP contribution in [0.25, 0.3) is 0 Å². The first kappa shape index (κ1) is 14.6. The van der Waals surface area contributed by atoms with Crippen LogP contribution in [0.2, 0.25) is 0 Å². The minimum Gasteiger partial charge on any atom is -0.370 e. The molecule has 0 spiro atoms. The maximum atomic E-state index is 6.03. The largest absolute Gasteiger partial charge is 0.370 e. The number of benzene rings is 2. The summed E-state index contributed by atoms with van der Waals surface area (Å²) in [4.78, 5) is 4.58. The zero-order valence-electron chi connectivity index (χ0n) is 13.3. The molecule has 3 N–H and O–H groups in total. The van der Waals surface area contributed by atoms with E-state index in [9.17, 15) is 0 Å². The molecule has 2 aromatic carbocycles. The van der Waals surface area contributed by atoms with Crippen molar-refractivity contribution in [3.8, 4) is 0 Å². The molecule has 1 saturated carbocycles. The molecule has 114 valence electrons. The number of aryl methyl sites for hydroxylation is 2. The van der Waals surface area contributed by atoms with Crippen LogP contribution in [0.3, 0.4) is 0 Å². The van der Waals surface area contributed by atoms with Gasteiger partial charge in [-0.2, -0.15) is 0 Å². The van der Waals surface area contributed by atoms with Crippen LogP contribution < -0.4 is 11.1 Å². The Balaban J connectivity index is 1.68. The van der Waals surface area contributed by atoms with E-state index in [4.69, 9.17) is 5.73 Å². The van der Waals surface area contributed by atoms with E-state index in [-0.39, 0.29) is 5.41 Å². The molecule has 3 nitrogen and oxygen atoms in total. The van der Waals surface area contributed by atoms with Crippen LogP contribution in [-0.2, 0) is 5.41 Å². The lowest BCUT2D eigenvalue weighted by Crippen LogP contribution is -2.25. The third-order valence-corrected chi connectivity index (χ3v) is 4.45. The molecule has 0 atom stereocenters. The van der Waals surface area contributed by atoms with Gasteiger partial charge in [0.05, 0.1) is 6.54 Å². The highest BCUT2D eigenvalue weighted by atomic mass is 15.1. The highest BCUT2D eigenvalue weighted by Gasteiger charge is 2.44. The van der Waals surface area contributed by atoms with E-state index in [1.54, 1.807) is 0 Å². The van der Waals surface area contributed by atoms with Gasteiger partial charge in [-0.15, -0.1) is 0 Å². The quantitative estimate of drug-likeness (QED) is 0.666. The Bertz CT molecular complexity index is 682. The van der Waals surface area contributed by atoms with Crippen LogP contribution in [0.1, 0.15) is 29.5 Å². The van der Waals surface area contributed by atoms with Gasteiger partial charge in [-0.25, -0.2) is 0 Å². The van der Waals surface area contributed by atoms with Crippen molar-refractivity contribution < 1.29 is 0 Å². The lowest BCUT2D eigenvalue weighted by Gasteiger charge is -2.16. The highest BCUT2D eigenvalue weighted by Crippen LogP contribution is 2.49. The standard InChI is InChI=1S/C19H23N3/c1-14-7-9-16(10-8-14)22-18(20)21-13-19(11-12-19)17-6-4-3-5-15(17)2/h3-10H,11-13H2,1-2H3,(H3,20,21,22). The van der Waals surface area contributed by atoms with Gasteiger partial charge in [0.15, 0.2) is 5.96 Å².